The first-order valence-electron chi connectivity index (χ1n) is 7.50. The topological polar surface area (TPSA) is 87.2 Å². The van der Waals surface area contributed by atoms with E-state index in [1.807, 2.05) is 47.0 Å². The average Bonchev–Trinajstić information content (AvgIpc) is 2.82. The van der Waals surface area contributed by atoms with Crippen LogP contribution in [0.25, 0.3) is 11.0 Å². The van der Waals surface area contributed by atoms with Crippen LogP contribution in [-0.2, 0) is 17.9 Å². The van der Waals surface area contributed by atoms with Crippen LogP contribution in [0.5, 0.6) is 5.75 Å². The average molecular weight is 346 g/mol. The summed E-state index contributed by atoms with van der Waals surface area (Å²) in [6.45, 7) is 0.942. The zero-order valence-electron chi connectivity index (χ0n) is 13.0. The summed E-state index contributed by atoms with van der Waals surface area (Å²) < 4.78 is 9.33. The van der Waals surface area contributed by atoms with Crippen LogP contribution in [0.15, 0.2) is 48.5 Å². The van der Waals surface area contributed by atoms with Gasteiger partial charge in [-0.3, -0.25) is 10.5 Å². The summed E-state index contributed by atoms with van der Waals surface area (Å²) in [5.74, 6) is 0.638. The molecule has 124 valence electrons. The molecule has 1 aromatic heterocycles. The lowest BCUT2D eigenvalue weighted by Crippen LogP contribution is -2.42. The Bertz CT molecular complexity index is 891. The number of rotatable bonds is 6. The predicted molar refractivity (Wildman–Crippen MR) is 92.7 cm³/mol. The molecule has 3 aromatic rings. The largest absolute Gasteiger partial charge is 0.489 e. The second kappa shape index (κ2) is 6.80. The van der Waals surface area contributed by atoms with Gasteiger partial charge in [-0.1, -0.05) is 35.9 Å². The van der Waals surface area contributed by atoms with Crippen molar-refractivity contribution in [1.82, 2.24) is 4.57 Å². The minimum atomic E-state index is -0.443. The molecule has 2 aromatic carbocycles. The molecule has 4 N–H and O–H groups in total. The number of aromatic nitrogens is 2. The first-order chi connectivity index (χ1) is 11.6. The number of benzene rings is 2. The molecule has 0 aliphatic rings. The van der Waals surface area contributed by atoms with Crippen LogP contribution in [0.4, 0.5) is 5.95 Å². The van der Waals surface area contributed by atoms with Crippen molar-refractivity contribution >= 4 is 34.5 Å². The molecule has 0 aliphatic heterocycles. The van der Waals surface area contributed by atoms with Gasteiger partial charge in [0.25, 0.3) is 5.91 Å². The molecule has 1 amide bonds. The third-order valence-corrected chi connectivity index (χ3v) is 4.05. The third kappa shape index (κ3) is 3.14. The van der Waals surface area contributed by atoms with Gasteiger partial charge in [0.2, 0.25) is 0 Å². The SMILES string of the molecule is NC(=O)C[n+]1c(N)n(CCOc2ccccc2Cl)c2ccccc21. The lowest BCUT2D eigenvalue weighted by Gasteiger charge is -2.07. The summed E-state index contributed by atoms with van der Waals surface area (Å²) in [5, 5.41) is 0.562. The maximum Gasteiger partial charge on any atom is 0.356 e. The van der Waals surface area contributed by atoms with Gasteiger partial charge in [0.15, 0.2) is 6.54 Å². The lowest BCUT2D eigenvalue weighted by molar-refractivity contribution is -0.644. The minimum Gasteiger partial charge on any atom is -0.489 e. The molecule has 0 radical (unpaired) electrons. The number of para-hydroxylation sites is 3. The van der Waals surface area contributed by atoms with Crippen LogP contribution in [-0.4, -0.2) is 17.1 Å². The molecule has 7 heteroatoms. The number of nitrogen functional groups attached to an aromatic ring is 1. The van der Waals surface area contributed by atoms with Gasteiger partial charge in [-0.15, -0.1) is 0 Å². The van der Waals surface area contributed by atoms with Gasteiger partial charge in [0, 0.05) is 0 Å². The van der Waals surface area contributed by atoms with E-state index in [1.54, 1.807) is 10.6 Å². The van der Waals surface area contributed by atoms with Crippen LogP contribution in [0.3, 0.4) is 0 Å². The zero-order valence-corrected chi connectivity index (χ0v) is 13.7. The van der Waals surface area contributed by atoms with Gasteiger partial charge in [0.05, 0.1) is 5.02 Å². The molecule has 24 heavy (non-hydrogen) atoms. The highest BCUT2D eigenvalue weighted by molar-refractivity contribution is 6.32. The molecule has 0 fully saturated rings. The number of hydrogen-bond donors (Lipinski definition) is 2. The van der Waals surface area contributed by atoms with Crippen molar-refractivity contribution in [2.75, 3.05) is 12.3 Å². The first kappa shape index (κ1) is 16.1. The number of fused-ring (bicyclic) bond motifs is 1. The molecular formula is C17H18ClN4O2+. The van der Waals surface area contributed by atoms with E-state index in [2.05, 4.69) is 0 Å². The summed E-state index contributed by atoms with van der Waals surface area (Å²) in [4.78, 5) is 11.3. The molecule has 0 saturated heterocycles. The maximum absolute atomic E-state index is 11.3. The van der Waals surface area contributed by atoms with Crippen molar-refractivity contribution in [2.45, 2.75) is 13.1 Å². The molecule has 1 heterocycles. The van der Waals surface area contributed by atoms with Gasteiger partial charge in [-0.05, 0) is 24.3 Å². The number of hydrogen-bond acceptors (Lipinski definition) is 3. The second-order valence-electron chi connectivity index (χ2n) is 5.33. The van der Waals surface area contributed by atoms with E-state index in [0.29, 0.717) is 29.9 Å². The highest BCUT2D eigenvalue weighted by atomic mass is 35.5. The Hall–Kier alpha value is -2.73. The highest BCUT2D eigenvalue weighted by Gasteiger charge is 2.21. The Labute approximate surface area is 144 Å². The van der Waals surface area contributed by atoms with Gasteiger partial charge in [0.1, 0.15) is 29.9 Å². The Kier molecular flexibility index (Phi) is 4.57. The Morgan fingerprint density at radius 2 is 1.88 bits per heavy atom. The van der Waals surface area contributed by atoms with Crippen molar-refractivity contribution in [2.24, 2.45) is 5.73 Å². The van der Waals surface area contributed by atoms with Crippen molar-refractivity contribution in [3.05, 3.63) is 53.6 Å². The number of carbonyl (C=O) groups is 1. The molecule has 3 rings (SSSR count). The van der Waals surface area contributed by atoms with E-state index in [1.165, 1.54) is 0 Å². The fourth-order valence-corrected chi connectivity index (χ4v) is 2.87. The molecule has 0 spiro atoms. The number of carbonyl (C=O) groups excluding carboxylic acids is 1. The van der Waals surface area contributed by atoms with Crippen molar-refractivity contribution < 1.29 is 14.1 Å². The summed E-state index contributed by atoms with van der Waals surface area (Å²) >= 11 is 6.08. The zero-order chi connectivity index (χ0) is 17.1. The predicted octanol–water partition coefficient (Wildman–Crippen LogP) is 1.73. The molecule has 0 atom stereocenters. The molecule has 0 saturated carbocycles. The molecule has 0 bridgehead atoms. The van der Waals surface area contributed by atoms with Crippen LogP contribution in [0.2, 0.25) is 5.02 Å². The number of halogens is 1. The number of primary amides is 1. The van der Waals surface area contributed by atoms with Crippen LogP contribution in [0.1, 0.15) is 0 Å². The monoisotopic (exact) mass is 345 g/mol. The third-order valence-electron chi connectivity index (χ3n) is 3.74. The number of nitrogens with zero attached hydrogens (tertiary/aromatic N) is 2. The lowest BCUT2D eigenvalue weighted by atomic mass is 10.3. The number of ether oxygens (including phenoxy) is 1. The van der Waals surface area contributed by atoms with Gasteiger partial charge in [-0.25, -0.2) is 9.13 Å². The Morgan fingerprint density at radius 3 is 2.62 bits per heavy atom. The van der Waals surface area contributed by atoms with E-state index >= 15 is 0 Å². The van der Waals surface area contributed by atoms with E-state index < -0.39 is 5.91 Å². The molecular weight excluding hydrogens is 328 g/mol. The number of amides is 1. The summed E-state index contributed by atoms with van der Waals surface area (Å²) in [6, 6.07) is 15.0. The van der Waals surface area contributed by atoms with Crippen molar-refractivity contribution in [3.8, 4) is 5.75 Å². The van der Waals surface area contributed by atoms with Crippen molar-refractivity contribution in [1.29, 1.82) is 0 Å². The van der Waals surface area contributed by atoms with E-state index in [4.69, 9.17) is 27.8 Å². The molecule has 0 aliphatic carbocycles. The number of nitrogens with two attached hydrogens (primary N) is 2. The van der Waals surface area contributed by atoms with E-state index in [9.17, 15) is 4.79 Å². The van der Waals surface area contributed by atoms with Crippen molar-refractivity contribution in [3.63, 3.8) is 0 Å². The molecule has 0 unspecified atom stereocenters. The second-order valence-corrected chi connectivity index (χ2v) is 5.74. The van der Waals surface area contributed by atoms with E-state index in [0.717, 1.165) is 11.0 Å². The van der Waals surface area contributed by atoms with Gasteiger partial charge in [-0.2, -0.15) is 0 Å². The number of anilines is 1. The van der Waals surface area contributed by atoms with Crippen LogP contribution < -0.4 is 20.8 Å². The quantitative estimate of drug-likeness (QED) is 0.667. The van der Waals surface area contributed by atoms with Crippen LogP contribution >= 0.6 is 11.6 Å². The summed E-state index contributed by atoms with van der Waals surface area (Å²) in [7, 11) is 0. The maximum atomic E-state index is 11.3. The van der Waals surface area contributed by atoms with Gasteiger partial charge < -0.3 is 10.5 Å². The standard InChI is InChI=1S/C17H17ClN4O2/c18-12-5-1-4-8-15(12)24-10-9-21-13-6-2-3-7-14(13)22(17(21)20)11-16(19)23/h1-8,20H,9-11H2,(H2,19,23)/p+1. The van der Waals surface area contributed by atoms with Crippen LogP contribution in [0, 0.1) is 0 Å². The minimum absolute atomic E-state index is 0.0325. The first-order valence-corrected chi connectivity index (χ1v) is 7.88. The Morgan fingerprint density at radius 1 is 1.17 bits per heavy atom. The summed E-state index contributed by atoms with van der Waals surface area (Å²) in [5.41, 5.74) is 13.3. The summed E-state index contributed by atoms with van der Waals surface area (Å²) in [6.07, 6.45) is 0. The fraction of sp³-hybridized carbons (Fsp3) is 0.176. The number of imidazole rings is 1. The Balaban J connectivity index is 1.85. The fourth-order valence-electron chi connectivity index (χ4n) is 2.68. The highest BCUT2D eigenvalue weighted by Crippen LogP contribution is 2.23. The smallest absolute Gasteiger partial charge is 0.356 e. The molecule has 6 nitrogen and oxygen atoms in total. The van der Waals surface area contributed by atoms with E-state index in [-0.39, 0.29) is 6.54 Å². The normalized spacial score (nSPS) is 10.9. The van der Waals surface area contributed by atoms with Gasteiger partial charge >= 0.3 is 5.95 Å².